The first kappa shape index (κ1) is 14.8. The molecule has 1 aromatic carbocycles. The summed E-state index contributed by atoms with van der Waals surface area (Å²) in [6.45, 7) is 7.18. The summed E-state index contributed by atoms with van der Waals surface area (Å²) in [6.07, 6.45) is 7.00. The topological polar surface area (TPSA) is 75.4 Å². The highest BCUT2D eigenvalue weighted by molar-refractivity contribution is 5.98. The van der Waals surface area contributed by atoms with Gasteiger partial charge in [0.15, 0.2) is 0 Å². The molecule has 2 aromatic heterocycles. The van der Waals surface area contributed by atoms with Gasteiger partial charge in [0.05, 0.1) is 36.9 Å². The van der Waals surface area contributed by atoms with Crippen molar-refractivity contribution in [1.82, 2.24) is 15.2 Å². The fourth-order valence-corrected chi connectivity index (χ4v) is 2.37. The normalized spacial score (nSPS) is 11.0. The molecule has 0 spiro atoms. The molecule has 0 fully saturated rings. The number of benzene rings is 1. The number of aromatic amines is 1. The van der Waals surface area contributed by atoms with E-state index in [1.165, 1.54) is 0 Å². The fraction of sp³-hybridized carbons (Fsp3) is 0.118. The summed E-state index contributed by atoms with van der Waals surface area (Å²) in [7, 11) is 1.54. The van der Waals surface area contributed by atoms with Gasteiger partial charge in [0.2, 0.25) is 5.69 Å². The van der Waals surface area contributed by atoms with Crippen LogP contribution in [0.1, 0.15) is 16.8 Å². The number of aliphatic hydroxyl groups is 1. The summed E-state index contributed by atoms with van der Waals surface area (Å²) in [5, 5.41) is 17.1. The minimum absolute atomic E-state index is 0.0534. The first-order chi connectivity index (χ1) is 11.3. The molecule has 0 bridgehead atoms. The molecule has 0 atom stereocenters. The molecule has 6 nitrogen and oxygen atoms in total. The van der Waals surface area contributed by atoms with Gasteiger partial charge < -0.3 is 9.84 Å². The minimum atomic E-state index is -0.0534. The van der Waals surface area contributed by atoms with E-state index in [1.54, 1.807) is 25.6 Å². The summed E-state index contributed by atoms with van der Waals surface area (Å²) in [4.78, 5) is 7.55. The number of aliphatic hydroxyl groups excluding tert-OH is 1. The van der Waals surface area contributed by atoms with E-state index >= 15 is 0 Å². The van der Waals surface area contributed by atoms with Crippen molar-refractivity contribution in [2.24, 2.45) is 0 Å². The molecular formula is C17H14N4O2. The molecule has 2 heterocycles. The van der Waals surface area contributed by atoms with Gasteiger partial charge in [0.1, 0.15) is 5.75 Å². The standard InChI is InChI=1S/C17H14N4O2/c1-18-15-6-5-14-16(17(15)23-2)13(20-21-14)4-3-11-7-12(10-22)9-19-8-11/h3-9,22H,10H2,2H3,(H,20,21). The Morgan fingerprint density at radius 2 is 2.22 bits per heavy atom. The molecule has 3 rings (SSSR count). The Labute approximate surface area is 132 Å². The lowest BCUT2D eigenvalue weighted by atomic mass is 10.1. The average Bonchev–Trinajstić information content (AvgIpc) is 3.02. The number of hydrogen-bond acceptors (Lipinski definition) is 4. The number of pyridine rings is 1. The van der Waals surface area contributed by atoms with Gasteiger partial charge in [0, 0.05) is 12.4 Å². The van der Waals surface area contributed by atoms with Gasteiger partial charge in [-0.2, -0.15) is 5.10 Å². The Morgan fingerprint density at radius 3 is 2.96 bits per heavy atom. The zero-order chi connectivity index (χ0) is 16.2. The maximum Gasteiger partial charge on any atom is 0.228 e. The van der Waals surface area contributed by atoms with Crippen molar-refractivity contribution in [3.05, 3.63) is 58.8 Å². The van der Waals surface area contributed by atoms with Crippen LogP contribution in [0.2, 0.25) is 0 Å². The number of methoxy groups -OCH3 is 1. The van der Waals surface area contributed by atoms with E-state index in [2.05, 4.69) is 20.0 Å². The van der Waals surface area contributed by atoms with Crippen LogP contribution in [0.3, 0.4) is 0 Å². The van der Waals surface area contributed by atoms with Crippen LogP contribution in [-0.2, 0) is 6.61 Å². The summed E-state index contributed by atoms with van der Waals surface area (Å²) >= 11 is 0. The van der Waals surface area contributed by atoms with Crippen LogP contribution in [0.4, 0.5) is 5.69 Å². The third kappa shape index (κ3) is 2.78. The summed E-state index contributed by atoms with van der Waals surface area (Å²) in [6, 6.07) is 5.36. The lowest BCUT2D eigenvalue weighted by Crippen LogP contribution is -1.86. The Balaban J connectivity index is 2.06. The number of hydrogen-bond donors (Lipinski definition) is 2. The number of rotatable bonds is 4. The van der Waals surface area contributed by atoms with Gasteiger partial charge >= 0.3 is 0 Å². The monoisotopic (exact) mass is 306 g/mol. The number of aromatic nitrogens is 3. The molecule has 0 radical (unpaired) electrons. The second-order valence-corrected chi connectivity index (χ2v) is 4.88. The Morgan fingerprint density at radius 1 is 1.35 bits per heavy atom. The van der Waals surface area contributed by atoms with Crippen LogP contribution in [0.15, 0.2) is 30.6 Å². The van der Waals surface area contributed by atoms with Crippen molar-refractivity contribution in [1.29, 1.82) is 0 Å². The lowest BCUT2D eigenvalue weighted by molar-refractivity contribution is 0.281. The maximum absolute atomic E-state index is 9.16. The van der Waals surface area contributed by atoms with Crippen LogP contribution in [0.25, 0.3) is 27.9 Å². The Bertz CT molecular complexity index is 922. The van der Waals surface area contributed by atoms with Gasteiger partial charge in [-0.15, -0.1) is 0 Å². The molecule has 23 heavy (non-hydrogen) atoms. The molecule has 0 saturated heterocycles. The van der Waals surface area contributed by atoms with Crippen molar-refractivity contribution in [3.63, 3.8) is 0 Å². The van der Waals surface area contributed by atoms with Crippen LogP contribution in [0.5, 0.6) is 5.75 Å². The molecule has 0 saturated carbocycles. The predicted octanol–water partition coefficient (Wildman–Crippen LogP) is 3.18. The van der Waals surface area contributed by atoms with Gasteiger partial charge in [-0.25, -0.2) is 4.85 Å². The molecule has 6 heteroatoms. The molecular weight excluding hydrogens is 292 g/mol. The number of ether oxygens (including phenoxy) is 1. The average molecular weight is 306 g/mol. The first-order valence-electron chi connectivity index (χ1n) is 6.92. The van der Waals surface area contributed by atoms with E-state index in [9.17, 15) is 0 Å². The fourth-order valence-electron chi connectivity index (χ4n) is 2.37. The van der Waals surface area contributed by atoms with E-state index in [0.717, 1.165) is 22.0 Å². The summed E-state index contributed by atoms with van der Waals surface area (Å²) in [5.41, 5.74) is 3.52. The molecule has 0 unspecified atom stereocenters. The van der Waals surface area contributed by atoms with E-state index in [0.29, 0.717) is 17.1 Å². The van der Waals surface area contributed by atoms with Crippen molar-refractivity contribution in [3.8, 4) is 5.75 Å². The van der Waals surface area contributed by atoms with Gasteiger partial charge in [-0.05, 0) is 29.3 Å². The van der Waals surface area contributed by atoms with E-state index in [1.807, 2.05) is 24.3 Å². The van der Waals surface area contributed by atoms with Crippen molar-refractivity contribution < 1.29 is 9.84 Å². The third-order valence-electron chi connectivity index (χ3n) is 3.45. The number of fused-ring (bicyclic) bond motifs is 1. The largest absolute Gasteiger partial charge is 0.507 e. The van der Waals surface area contributed by atoms with Crippen LogP contribution >= 0.6 is 0 Å². The van der Waals surface area contributed by atoms with E-state index < -0.39 is 0 Å². The molecule has 3 aromatic rings. The molecule has 0 aliphatic heterocycles. The van der Waals surface area contributed by atoms with Crippen molar-refractivity contribution >= 4 is 28.7 Å². The highest BCUT2D eigenvalue weighted by atomic mass is 16.5. The van der Waals surface area contributed by atoms with Gasteiger partial charge in [-0.3, -0.25) is 10.1 Å². The second-order valence-electron chi connectivity index (χ2n) is 4.88. The third-order valence-corrected chi connectivity index (χ3v) is 3.45. The lowest BCUT2D eigenvalue weighted by Gasteiger charge is -2.04. The van der Waals surface area contributed by atoms with Crippen molar-refractivity contribution in [2.75, 3.05) is 7.11 Å². The molecule has 0 aliphatic carbocycles. The van der Waals surface area contributed by atoms with E-state index in [4.69, 9.17) is 16.4 Å². The van der Waals surface area contributed by atoms with E-state index in [-0.39, 0.29) is 6.61 Å². The minimum Gasteiger partial charge on any atom is -0.507 e. The number of nitrogens with one attached hydrogen (secondary N) is 1. The molecule has 0 aliphatic rings. The van der Waals surface area contributed by atoms with Crippen LogP contribution < -0.4 is 4.74 Å². The maximum atomic E-state index is 9.16. The quantitative estimate of drug-likeness (QED) is 0.726. The first-order valence-corrected chi connectivity index (χ1v) is 6.92. The molecule has 2 N–H and O–H groups in total. The van der Waals surface area contributed by atoms with Gasteiger partial charge in [0.25, 0.3) is 0 Å². The van der Waals surface area contributed by atoms with Crippen molar-refractivity contribution in [2.45, 2.75) is 6.61 Å². The Hall–Kier alpha value is -3.17. The second kappa shape index (κ2) is 6.30. The number of H-pyrrole nitrogens is 1. The van der Waals surface area contributed by atoms with Gasteiger partial charge in [-0.1, -0.05) is 12.1 Å². The number of nitrogens with zero attached hydrogens (tertiary/aromatic N) is 3. The molecule has 114 valence electrons. The zero-order valence-electron chi connectivity index (χ0n) is 12.4. The molecule has 0 amide bonds. The highest BCUT2D eigenvalue weighted by Gasteiger charge is 2.13. The Kier molecular flexibility index (Phi) is 4.04. The van der Waals surface area contributed by atoms with Crippen LogP contribution in [-0.4, -0.2) is 27.4 Å². The smallest absolute Gasteiger partial charge is 0.228 e. The SMILES string of the molecule is [C-]#[N+]c1ccc2[nH]nc(C=Cc3cncc(CO)c3)c2c1OC. The summed E-state index contributed by atoms with van der Waals surface area (Å²) in [5.74, 6) is 0.508. The zero-order valence-corrected chi connectivity index (χ0v) is 12.4. The predicted molar refractivity (Wildman–Crippen MR) is 88.0 cm³/mol. The summed E-state index contributed by atoms with van der Waals surface area (Å²) < 4.78 is 5.38. The van der Waals surface area contributed by atoms with Crippen LogP contribution in [0, 0.1) is 6.57 Å². The highest BCUT2D eigenvalue weighted by Crippen LogP contribution is 2.37.